The van der Waals surface area contributed by atoms with Crippen LogP contribution in [0.25, 0.3) is 10.1 Å². The van der Waals surface area contributed by atoms with Gasteiger partial charge < -0.3 is 0 Å². The molecule has 0 aliphatic rings. The van der Waals surface area contributed by atoms with Crippen molar-refractivity contribution in [1.29, 1.82) is 5.26 Å². The number of thiophene rings is 1. The molecule has 2 rings (SSSR count). The van der Waals surface area contributed by atoms with E-state index in [1.54, 1.807) is 6.07 Å². The summed E-state index contributed by atoms with van der Waals surface area (Å²) in [6.45, 7) is 1.93. The fraction of sp³-hybridized carbons (Fsp3) is 0.0909. The molecule has 0 bridgehead atoms. The predicted molar refractivity (Wildman–Crippen MR) is 56.7 cm³/mol. The molecule has 0 N–H and O–H groups in total. The summed E-state index contributed by atoms with van der Waals surface area (Å²) in [5.41, 5.74) is 1.64. The molecule has 0 saturated carbocycles. The summed E-state index contributed by atoms with van der Waals surface area (Å²) in [5, 5.41) is 9.78. The highest BCUT2D eigenvalue weighted by Gasteiger charge is 2.07. The molecule has 2 nitrogen and oxygen atoms in total. The van der Waals surface area contributed by atoms with Crippen LogP contribution in [0.2, 0.25) is 0 Å². The lowest BCUT2D eigenvalue weighted by atomic mass is 10.1. The molecule has 0 aliphatic heterocycles. The van der Waals surface area contributed by atoms with Gasteiger partial charge in [-0.05, 0) is 30.0 Å². The largest absolute Gasteiger partial charge is 0.297 e. The lowest BCUT2D eigenvalue weighted by molar-refractivity contribution is 0.112. The highest BCUT2D eigenvalue weighted by atomic mass is 32.1. The molecule has 0 atom stereocenters. The monoisotopic (exact) mass is 201 g/mol. The van der Waals surface area contributed by atoms with E-state index in [0.29, 0.717) is 5.56 Å². The van der Waals surface area contributed by atoms with Crippen molar-refractivity contribution in [2.45, 2.75) is 6.92 Å². The third-order valence-electron chi connectivity index (χ3n) is 2.21. The number of carbonyl (C=O) groups excluding carboxylic acids is 1. The van der Waals surface area contributed by atoms with Gasteiger partial charge in [-0.1, -0.05) is 6.07 Å². The second-order valence-electron chi connectivity index (χ2n) is 3.03. The molecule has 0 fully saturated rings. The summed E-state index contributed by atoms with van der Waals surface area (Å²) >= 11 is 1.43. The second-order valence-corrected chi connectivity index (χ2v) is 4.12. The first-order valence-electron chi connectivity index (χ1n) is 4.14. The highest BCUT2D eigenvalue weighted by molar-refractivity contribution is 7.20. The van der Waals surface area contributed by atoms with Gasteiger partial charge in [-0.25, -0.2) is 0 Å². The Hall–Kier alpha value is -1.66. The number of aryl methyl sites for hydroxylation is 1. The molecule has 0 radical (unpaired) electrons. The minimum atomic E-state index is 0.635. The van der Waals surface area contributed by atoms with Gasteiger partial charge in [-0.3, -0.25) is 4.79 Å². The molecule has 0 amide bonds. The van der Waals surface area contributed by atoms with E-state index in [2.05, 4.69) is 6.07 Å². The smallest absolute Gasteiger partial charge is 0.160 e. The third kappa shape index (κ3) is 1.21. The second kappa shape index (κ2) is 3.24. The Kier molecular flexibility index (Phi) is 2.06. The predicted octanol–water partition coefficient (Wildman–Crippen LogP) is 2.89. The summed E-state index contributed by atoms with van der Waals surface area (Å²) in [6, 6.07) is 7.57. The number of hydrogen-bond donors (Lipinski definition) is 0. The fourth-order valence-corrected chi connectivity index (χ4v) is 2.49. The Bertz CT molecular complexity index is 548. The van der Waals surface area contributed by atoms with E-state index in [9.17, 15) is 4.79 Å². The van der Waals surface area contributed by atoms with Gasteiger partial charge in [0, 0.05) is 4.70 Å². The molecule has 0 saturated heterocycles. The maximum atomic E-state index is 10.7. The molecular weight excluding hydrogens is 194 g/mol. The number of nitrogens with zero attached hydrogens (tertiary/aromatic N) is 1. The van der Waals surface area contributed by atoms with Crippen LogP contribution in [0, 0.1) is 18.3 Å². The Morgan fingerprint density at radius 3 is 2.93 bits per heavy atom. The molecule has 0 unspecified atom stereocenters. The summed E-state index contributed by atoms with van der Waals surface area (Å²) in [7, 11) is 0. The van der Waals surface area contributed by atoms with Crippen molar-refractivity contribution >= 4 is 27.7 Å². The van der Waals surface area contributed by atoms with E-state index in [1.807, 2.05) is 19.1 Å². The molecule has 1 aromatic heterocycles. The van der Waals surface area contributed by atoms with Crippen LogP contribution in [0.15, 0.2) is 18.2 Å². The molecule has 1 aromatic carbocycles. The summed E-state index contributed by atoms with van der Waals surface area (Å²) in [4.78, 5) is 11.4. The van der Waals surface area contributed by atoms with Gasteiger partial charge in [0.25, 0.3) is 0 Å². The molecule has 68 valence electrons. The van der Waals surface area contributed by atoms with Crippen molar-refractivity contribution in [2.24, 2.45) is 0 Å². The van der Waals surface area contributed by atoms with Crippen LogP contribution < -0.4 is 0 Å². The number of aldehydes is 1. The quantitative estimate of drug-likeness (QED) is 0.665. The van der Waals surface area contributed by atoms with Crippen molar-refractivity contribution in [3.05, 3.63) is 34.2 Å². The zero-order valence-corrected chi connectivity index (χ0v) is 8.39. The van der Waals surface area contributed by atoms with Crippen LogP contribution >= 0.6 is 11.3 Å². The standard InChI is InChI=1S/C11H7NOS/c1-7-9-3-2-8(5-12)4-10(9)14-11(7)6-13/h2-4,6H,1H3. The van der Waals surface area contributed by atoms with Crippen LogP contribution in [0.5, 0.6) is 0 Å². The lowest BCUT2D eigenvalue weighted by Crippen LogP contribution is -1.76. The van der Waals surface area contributed by atoms with Crippen LogP contribution in [0.1, 0.15) is 20.8 Å². The zero-order chi connectivity index (χ0) is 10.1. The number of hydrogen-bond acceptors (Lipinski definition) is 3. The normalized spacial score (nSPS) is 10.0. The average molecular weight is 201 g/mol. The van der Waals surface area contributed by atoms with E-state index >= 15 is 0 Å². The van der Waals surface area contributed by atoms with Crippen molar-refractivity contribution in [1.82, 2.24) is 0 Å². The zero-order valence-electron chi connectivity index (χ0n) is 7.57. The maximum Gasteiger partial charge on any atom is 0.160 e. The Morgan fingerprint density at radius 1 is 1.50 bits per heavy atom. The lowest BCUT2D eigenvalue weighted by Gasteiger charge is -1.91. The van der Waals surface area contributed by atoms with Gasteiger partial charge in [0.1, 0.15) is 0 Å². The average Bonchev–Trinajstić information content (AvgIpc) is 2.55. The number of nitriles is 1. The SMILES string of the molecule is Cc1c(C=O)sc2cc(C#N)ccc12. The van der Waals surface area contributed by atoms with Crippen molar-refractivity contribution in [2.75, 3.05) is 0 Å². The van der Waals surface area contributed by atoms with Gasteiger partial charge in [-0.15, -0.1) is 11.3 Å². The van der Waals surface area contributed by atoms with E-state index in [-0.39, 0.29) is 0 Å². The Morgan fingerprint density at radius 2 is 2.29 bits per heavy atom. The first-order valence-corrected chi connectivity index (χ1v) is 4.96. The molecule has 3 heteroatoms. The van der Waals surface area contributed by atoms with Gasteiger partial charge >= 0.3 is 0 Å². The van der Waals surface area contributed by atoms with Crippen molar-refractivity contribution < 1.29 is 4.79 Å². The number of rotatable bonds is 1. The van der Waals surface area contributed by atoms with Crippen LogP contribution in [-0.2, 0) is 0 Å². The van der Waals surface area contributed by atoms with Gasteiger partial charge in [0.2, 0.25) is 0 Å². The third-order valence-corrected chi connectivity index (χ3v) is 3.39. The summed E-state index contributed by atoms with van der Waals surface area (Å²) in [5.74, 6) is 0. The number of fused-ring (bicyclic) bond motifs is 1. The maximum absolute atomic E-state index is 10.7. The van der Waals surface area contributed by atoms with E-state index < -0.39 is 0 Å². The minimum absolute atomic E-state index is 0.635. The van der Waals surface area contributed by atoms with Gasteiger partial charge in [0.15, 0.2) is 6.29 Å². The summed E-state index contributed by atoms with van der Waals surface area (Å²) < 4.78 is 1.00. The molecule has 2 aromatic rings. The van der Waals surface area contributed by atoms with Crippen LogP contribution in [0.3, 0.4) is 0 Å². The van der Waals surface area contributed by atoms with E-state index in [0.717, 1.165) is 26.8 Å². The summed E-state index contributed by atoms with van der Waals surface area (Å²) in [6.07, 6.45) is 0.867. The minimum Gasteiger partial charge on any atom is -0.297 e. The number of benzene rings is 1. The molecule has 1 heterocycles. The van der Waals surface area contributed by atoms with E-state index in [1.165, 1.54) is 11.3 Å². The van der Waals surface area contributed by atoms with E-state index in [4.69, 9.17) is 5.26 Å². The molecular formula is C11H7NOS. The fourth-order valence-electron chi connectivity index (χ4n) is 1.43. The van der Waals surface area contributed by atoms with Crippen LogP contribution in [-0.4, -0.2) is 6.29 Å². The molecule has 0 aliphatic carbocycles. The molecule has 14 heavy (non-hydrogen) atoms. The molecule has 0 spiro atoms. The highest BCUT2D eigenvalue weighted by Crippen LogP contribution is 2.30. The van der Waals surface area contributed by atoms with Crippen LogP contribution in [0.4, 0.5) is 0 Å². The van der Waals surface area contributed by atoms with Crippen molar-refractivity contribution in [3.8, 4) is 6.07 Å². The first kappa shape index (κ1) is 8.92. The Balaban J connectivity index is 2.80. The van der Waals surface area contributed by atoms with Gasteiger partial charge in [-0.2, -0.15) is 5.26 Å². The van der Waals surface area contributed by atoms with Gasteiger partial charge in [0.05, 0.1) is 16.5 Å². The topological polar surface area (TPSA) is 40.9 Å². The first-order chi connectivity index (χ1) is 6.76. The number of carbonyl (C=O) groups is 1. The van der Waals surface area contributed by atoms with Crippen molar-refractivity contribution in [3.63, 3.8) is 0 Å². The Labute approximate surface area is 85.4 Å².